The molecular weight excluding hydrogens is 242 g/mol. The highest BCUT2D eigenvalue weighted by molar-refractivity contribution is 7.98. The molecular formula is C10H11N3O3S. The summed E-state index contributed by atoms with van der Waals surface area (Å²) in [6.45, 7) is 3.56. The number of carboxylic acid groups (broad SMARTS) is 1. The van der Waals surface area contributed by atoms with E-state index in [-0.39, 0.29) is 5.76 Å². The van der Waals surface area contributed by atoms with Gasteiger partial charge in [0, 0.05) is 11.3 Å². The molecule has 2 aromatic rings. The van der Waals surface area contributed by atoms with Gasteiger partial charge in [0.15, 0.2) is 0 Å². The number of aryl methyl sites for hydroxylation is 2. The van der Waals surface area contributed by atoms with E-state index in [9.17, 15) is 4.79 Å². The Kier molecular flexibility index (Phi) is 3.19. The predicted molar refractivity (Wildman–Crippen MR) is 61.1 cm³/mol. The van der Waals surface area contributed by atoms with E-state index < -0.39 is 5.97 Å². The highest BCUT2D eigenvalue weighted by atomic mass is 32.2. The monoisotopic (exact) mass is 253 g/mol. The van der Waals surface area contributed by atoms with Crippen molar-refractivity contribution in [1.82, 2.24) is 15.2 Å². The lowest BCUT2D eigenvalue weighted by molar-refractivity contribution is 0.0661. The first kappa shape index (κ1) is 11.7. The van der Waals surface area contributed by atoms with Crippen molar-refractivity contribution in [3.63, 3.8) is 0 Å². The number of carbonyl (C=O) groups is 1. The lowest BCUT2D eigenvalue weighted by Gasteiger charge is -1.94. The van der Waals surface area contributed by atoms with Gasteiger partial charge >= 0.3 is 5.97 Å². The molecule has 0 aliphatic carbocycles. The van der Waals surface area contributed by atoms with Crippen LogP contribution < -0.4 is 0 Å². The number of rotatable bonds is 4. The van der Waals surface area contributed by atoms with Crippen LogP contribution in [0, 0.1) is 13.8 Å². The van der Waals surface area contributed by atoms with Crippen LogP contribution in [0.3, 0.4) is 0 Å². The SMILES string of the molecule is Cc1nc(SCc2cc(C(=O)O)oc2C)n[nH]1. The van der Waals surface area contributed by atoms with Gasteiger partial charge in [-0.15, -0.1) is 5.10 Å². The fourth-order valence-electron chi connectivity index (χ4n) is 1.30. The summed E-state index contributed by atoms with van der Waals surface area (Å²) in [7, 11) is 0. The molecule has 0 saturated heterocycles. The maximum atomic E-state index is 10.7. The minimum absolute atomic E-state index is 0.0377. The lowest BCUT2D eigenvalue weighted by atomic mass is 10.3. The van der Waals surface area contributed by atoms with Gasteiger partial charge in [-0.25, -0.2) is 9.78 Å². The molecule has 0 aliphatic heterocycles. The smallest absolute Gasteiger partial charge is 0.371 e. The number of hydrogen-bond acceptors (Lipinski definition) is 5. The Morgan fingerprint density at radius 2 is 2.35 bits per heavy atom. The fourth-order valence-corrected chi connectivity index (χ4v) is 2.18. The van der Waals surface area contributed by atoms with E-state index >= 15 is 0 Å². The van der Waals surface area contributed by atoms with Gasteiger partial charge in [-0.05, 0) is 19.9 Å². The summed E-state index contributed by atoms with van der Waals surface area (Å²) in [5, 5.41) is 16.1. The second-order valence-electron chi connectivity index (χ2n) is 3.49. The summed E-state index contributed by atoms with van der Waals surface area (Å²) >= 11 is 1.43. The average molecular weight is 253 g/mol. The molecule has 2 N–H and O–H groups in total. The highest BCUT2D eigenvalue weighted by Crippen LogP contribution is 2.23. The first-order valence-electron chi connectivity index (χ1n) is 4.90. The van der Waals surface area contributed by atoms with Crippen LogP contribution in [0.15, 0.2) is 15.6 Å². The van der Waals surface area contributed by atoms with Gasteiger partial charge in [0.1, 0.15) is 11.6 Å². The van der Waals surface area contributed by atoms with Crippen molar-refractivity contribution < 1.29 is 14.3 Å². The van der Waals surface area contributed by atoms with E-state index in [4.69, 9.17) is 9.52 Å². The molecule has 0 atom stereocenters. The molecule has 17 heavy (non-hydrogen) atoms. The van der Waals surface area contributed by atoms with Gasteiger partial charge in [0.25, 0.3) is 0 Å². The summed E-state index contributed by atoms with van der Waals surface area (Å²) in [6.07, 6.45) is 0. The summed E-state index contributed by atoms with van der Waals surface area (Å²) in [5.74, 6) is 0.854. The molecule has 0 aromatic carbocycles. The number of carboxylic acids is 1. The predicted octanol–water partition coefficient (Wildman–Crippen LogP) is 2.01. The molecule has 2 heterocycles. The number of hydrogen-bond donors (Lipinski definition) is 2. The van der Waals surface area contributed by atoms with E-state index in [1.165, 1.54) is 17.8 Å². The van der Waals surface area contributed by atoms with Gasteiger partial charge in [0.2, 0.25) is 10.9 Å². The van der Waals surface area contributed by atoms with Crippen LogP contribution in [-0.4, -0.2) is 26.3 Å². The molecule has 0 aliphatic rings. The number of thioether (sulfide) groups is 1. The third-order valence-electron chi connectivity index (χ3n) is 2.16. The zero-order valence-corrected chi connectivity index (χ0v) is 10.2. The lowest BCUT2D eigenvalue weighted by Crippen LogP contribution is -1.91. The Hall–Kier alpha value is -1.76. The molecule has 2 rings (SSSR count). The van der Waals surface area contributed by atoms with Crippen LogP contribution >= 0.6 is 11.8 Å². The average Bonchev–Trinajstić information content (AvgIpc) is 2.82. The number of aromatic nitrogens is 3. The number of nitrogens with one attached hydrogen (secondary N) is 1. The molecule has 6 nitrogen and oxygen atoms in total. The van der Waals surface area contributed by atoms with Crippen molar-refractivity contribution in [2.45, 2.75) is 24.8 Å². The maximum absolute atomic E-state index is 10.7. The maximum Gasteiger partial charge on any atom is 0.371 e. The number of furan rings is 1. The Labute approximate surface area is 101 Å². The van der Waals surface area contributed by atoms with Crippen LogP contribution in [-0.2, 0) is 5.75 Å². The number of aromatic amines is 1. The summed E-state index contributed by atoms with van der Waals surface area (Å²) in [6, 6.07) is 1.53. The van der Waals surface area contributed by atoms with Gasteiger partial charge in [0.05, 0.1) is 0 Å². The standard InChI is InChI=1S/C10H11N3O3S/c1-5-7(3-8(16-5)9(14)15)4-17-10-11-6(2)12-13-10/h3H,4H2,1-2H3,(H,14,15)(H,11,12,13). The van der Waals surface area contributed by atoms with Crippen LogP contribution in [0.5, 0.6) is 0 Å². The molecule has 90 valence electrons. The Bertz CT molecular complexity index is 547. The van der Waals surface area contributed by atoms with Crippen molar-refractivity contribution >= 4 is 17.7 Å². The molecule has 0 unspecified atom stereocenters. The van der Waals surface area contributed by atoms with E-state index in [0.717, 1.165) is 11.4 Å². The fraction of sp³-hybridized carbons (Fsp3) is 0.300. The molecule has 7 heteroatoms. The third-order valence-corrected chi connectivity index (χ3v) is 3.06. The number of nitrogens with zero attached hydrogens (tertiary/aromatic N) is 2. The first-order chi connectivity index (χ1) is 8.06. The molecule has 0 spiro atoms. The van der Waals surface area contributed by atoms with Gasteiger partial charge < -0.3 is 9.52 Å². The zero-order chi connectivity index (χ0) is 12.4. The van der Waals surface area contributed by atoms with Gasteiger partial charge in [-0.1, -0.05) is 11.8 Å². The molecule has 0 radical (unpaired) electrons. The first-order valence-corrected chi connectivity index (χ1v) is 5.89. The quantitative estimate of drug-likeness (QED) is 0.810. The summed E-state index contributed by atoms with van der Waals surface area (Å²) < 4.78 is 5.11. The second-order valence-corrected chi connectivity index (χ2v) is 4.43. The molecule has 0 bridgehead atoms. The molecule has 0 fully saturated rings. The van der Waals surface area contributed by atoms with E-state index in [0.29, 0.717) is 16.7 Å². The Balaban J connectivity index is 2.06. The summed E-state index contributed by atoms with van der Waals surface area (Å²) in [5.41, 5.74) is 0.842. The van der Waals surface area contributed by atoms with Gasteiger partial charge in [-0.3, -0.25) is 5.10 Å². The van der Waals surface area contributed by atoms with E-state index in [1.807, 2.05) is 6.92 Å². The third kappa shape index (κ3) is 2.68. The van der Waals surface area contributed by atoms with E-state index in [1.54, 1.807) is 6.92 Å². The van der Waals surface area contributed by atoms with Crippen LogP contribution in [0.2, 0.25) is 0 Å². The molecule has 2 aromatic heterocycles. The number of aromatic carboxylic acids is 1. The van der Waals surface area contributed by atoms with Crippen molar-refractivity contribution in [2.75, 3.05) is 0 Å². The second kappa shape index (κ2) is 4.62. The Morgan fingerprint density at radius 3 is 2.88 bits per heavy atom. The topological polar surface area (TPSA) is 92.0 Å². The Morgan fingerprint density at radius 1 is 1.59 bits per heavy atom. The summed E-state index contributed by atoms with van der Waals surface area (Å²) in [4.78, 5) is 14.9. The minimum Gasteiger partial charge on any atom is -0.475 e. The van der Waals surface area contributed by atoms with Gasteiger partial charge in [-0.2, -0.15) is 0 Å². The van der Waals surface area contributed by atoms with Crippen molar-refractivity contribution in [3.05, 3.63) is 29.0 Å². The minimum atomic E-state index is -1.06. The van der Waals surface area contributed by atoms with Crippen LogP contribution in [0.25, 0.3) is 0 Å². The largest absolute Gasteiger partial charge is 0.475 e. The zero-order valence-electron chi connectivity index (χ0n) is 9.35. The van der Waals surface area contributed by atoms with Crippen LogP contribution in [0.1, 0.15) is 27.7 Å². The van der Waals surface area contributed by atoms with E-state index in [2.05, 4.69) is 15.2 Å². The normalized spacial score (nSPS) is 10.7. The van der Waals surface area contributed by atoms with Crippen LogP contribution in [0.4, 0.5) is 0 Å². The number of H-pyrrole nitrogens is 1. The highest BCUT2D eigenvalue weighted by Gasteiger charge is 2.13. The van der Waals surface area contributed by atoms with Crippen molar-refractivity contribution in [2.24, 2.45) is 0 Å². The van der Waals surface area contributed by atoms with Crippen molar-refractivity contribution in [1.29, 1.82) is 0 Å². The molecule has 0 amide bonds. The molecule has 0 saturated carbocycles. The van der Waals surface area contributed by atoms with Crippen molar-refractivity contribution in [3.8, 4) is 0 Å².